The van der Waals surface area contributed by atoms with Gasteiger partial charge in [-0.1, -0.05) is 6.42 Å². The fourth-order valence-electron chi connectivity index (χ4n) is 4.12. The van der Waals surface area contributed by atoms with E-state index in [0.717, 1.165) is 51.1 Å². The number of carbonyl (C=O) groups excluding carboxylic acids is 1. The van der Waals surface area contributed by atoms with Crippen molar-refractivity contribution in [2.75, 3.05) is 37.6 Å². The molecule has 2 saturated heterocycles. The van der Waals surface area contributed by atoms with Crippen LogP contribution in [0, 0.1) is 10.1 Å². The normalized spacial score (nSPS) is 20.6. The van der Waals surface area contributed by atoms with Crippen LogP contribution in [-0.4, -0.2) is 54.5 Å². The molecule has 7 nitrogen and oxygen atoms in total. The van der Waals surface area contributed by atoms with E-state index >= 15 is 0 Å². The molecule has 0 unspecified atom stereocenters. The van der Waals surface area contributed by atoms with Gasteiger partial charge in [-0.2, -0.15) is 0 Å². The minimum absolute atomic E-state index is 0.0368. The molecule has 1 aromatic carbocycles. The number of non-ortho nitro benzene ring substituents is 1. The maximum atomic E-state index is 12.7. The molecule has 7 heteroatoms. The Kier molecular flexibility index (Phi) is 6.66. The number of amides is 1. The number of hydrogen-bond donors (Lipinski definition) is 1. The van der Waals surface area contributed by atoms with Crippen LogP contribution in [0.15, 0.2) is 18.2 Å². The lowest BCUT2D eigenvalue weighted by molar-refractivity contribution is -0.384. The second-order valence-corrected chi connectivity index (χ2v) is 7.64. The summed E-state index contributed by atoms with van der Waals surface area (Å²) >= 11 is 0. The van der Waals surface area contributed by atoms with Crippen molar-refractivity contribution in [3.05, 3.63) is 33.9 Å². The Labute approximate surface area is 160 Å². The van der Waals surface area contributed by atoms with Gasteiger partial charge >= 0.3 is 0 Å². The average Bonchev–Trinajstić information content (AvgIpc) is 3.20. The molecule has 0 bridgehead atoms. The van der Waals surface area contributed by atoms with Crippen LogP contribution in [0.4, 0.5) is 11.4 Å². The summed E-state index contributed by atoms with van der Waals surface area (Å²) < 4.78 is 0. The zero-order valence-electron chi connectivity index (χ0n) is 16.2. The molecule has 148 valence electrons. The van der Waals surface area contributed by atoms with Crippen molar-refractivity contribution in [3.8, 4) is 0 Å². The largest absolute Gasteiger partial charge is 0.371 e. The Bertz CT molecular complexity index is 673. The third kappa shape index (κ3) is 4.97. The minimum Gasteiger partial charge on any atom is -0.371 e. The topological polar surface area (TPSA) is 78.7 Å². The molecule has 2 aliphatic rings. The summed E-state index contributed by atoms with van der Waals surface area (Å²) in [4.78, 5) is 28.1. The number of nitrogens with zero attached hydrogens (tertiary/aromatic N) is 3. The van der Waals surface area contributed by atoms with Crippen molar-refractivity contribution >= 4 is 17.3 Å². The van der Waals surface area contributed by atoms with Crippen LogP contribution in [0.1, 0.15) is 55.8 Å². The van der Waals surface area contributed by atoms with E-state index in [1.165, 1.54) is 31.4 Å². The lowest BCUT2D eigenvalue weighted by Gasteiger charge is -2.33. The highest BCUT2D eigenvalue weighted by atomic mass is 16.6. The number of likely N-dealkylation sites (tertiary alicyclic amines) is 1. The molecular weight excluding hydrogens is 344 g/mol. The summed E-state index contributed by atoms with van der Waals surface area (Å²) in [5.41, 5.74) is 1.18. The van der Waals surface area contributed by atoms with Crippen LogP contribution in [0.5, 0.6) is 0 Å². The summed E-state index contributed by atoms with van der Waals surface area (Å²) in [5, 5.41) is 14.1. The lowest BCUT2D eigenvalue weighted by atomic mass is 10.0. The van der Waals surface area contributed by atoms with Crippen molar-refractivity contribution in [1.29, 1.82) is 0 Å². The summed E-state index contributed by atoms with van der Waals surface area (Å²) in [6.45, 7) is 6.76. The van der Waals surface area contributed by atoms with Gasteiger partial charge in [0.2, 0.25) is 0 Å². The Hall–Kier alpha value is -2.15. The van der Waals surface area contributed by atoms with Gasteiger partial charge in [0, 0.05) is 44.4 Å². The summed E-state index contributed by atoms with van der Waals surface area (Å²) in [5.74, 6) is -0.215. The first-order valence-electron chi connectivity index (χ1n) is 10.1. The maximum absolute atomic E-state index is 12.7. The maximum Gasteiger partial charge on any atom is 0.270 e. The Morgan fingerprint density at radius 3 is 2.67 bits per heavy atom. The number of nitro benzene ring substituents is 1. The van der Waals surface area contributed by atoms with E-state index in [1.54, 1.807) is 6.07 Å². The lowest BCUT2D eigenvalue weighted by Crippen LogP contribution is -2.39. The number of piperidine rings is 1. The highest BCUT2D eigenvalue weighted by molar-refractivity contribution is 6.00. The van der Waals surface area contributed by atoms with Crippen LogP contribution in [0.25, 0.3) is 0 Å². The molecule has 0 radical (unpaired) electrons. The van der Waals surface area contributed by atoms with E-state index < -0.39 is 4.92 Å². The van der Waals surface area contributed by atoms with Gasteiger partial charge in [0.05, 0.1) is 16.2 Å². The van der Waals surface area contributed by atoms with Gasteiger partial charge in [0.15, 0.2) is 0 Å². The van der Waals surface area contributed by atoms with Gasteiger partial charge in [-0.15, -0.1) is 0 Å². The molecule has 0 spiro atoms. The smallest absolute Gasteiger partial charge is 0.270 e. The van der Waals surface area contributed by atoms with E-state index in [0.29, 0.717) is 18.2 Å². The molecule has 2 aliphatic heterocycles. The summed E-state index contributed by atoms with van der Waals surface area (Å²) in [6.07, 6.45) is 6.88. The standard InChI is InChI=1S/C20H30N4O3/c1-16-7-2-3-11-22(16)14-6-10-21-20(25)18-15-17(24(26)27)8-9-19(18)23-12-4-5-13-23/h8-9,15-16H,2-7,10-14H2,1H3,(H,21,25)/t16-/m0/s1. The zero-order valence-corrected chi connectivity index (χ0v) is 16.2. The number of hydrogen-bond acceptors (Lipinski definition) is 5. The first kappa shape index (κ1) is 19.6. The first-order valence-corrected chi connectivity index (χ1v) is 10.1. The monoisotopic (exact) mass is 374 g/mol. The SMILES string of the molecule is C[C@H]1CCCCN1CCCNC(=O)c1cc([N+](=O)[O-])ccc1N1CCCC1. The predicted octanol–water partition coefficient (Wildman–Crippen LogP) is 3.19. The van der Waals surface area contributed by atoms with Gasteiger partial charge in [0.1, 0.15) is 0 Å². The second-order valence-electron chi connectivity index (χ2n) is 7.64. The zero-order chi connectivity index (χ0) is 19.2. The Morgan fingerprint density at radius 2 is 1.96 bits per heavy atom. The Morgan fingerprint density at radius 1 is 1.22 bits per heavy atom. The number of rotatable bonds is 7. The second kappa shape index (κ2) is 9.17. The van der Waals surface area contributed by atoms with Gasteiger partial charge in [-0.3, -0.25) is 14.9 Å². The highest BCUT2D eigenvalue weighted by Gasteiger charge is 2.22. The molecule has 0 aliphatic carbocycles. The molecular formula is C20H30N4O3. The van der Waals surface area contributed by atoms with Gasteiger partial charge < -0.3 is 15.1 Å². The van der Waals surface area contributed by atoms with Crippen LogP contribution in [-0.2, 0) is 0 Å². The number of anilines is 1. The van der Waals surface area contributed by atoms with Crippen LogP contribution < -0.4 is 10.2 Å². The molecule has 0 saturated carbocycles. The number of benzene rings is 1. The van der Waals surface area contributed by atoms with E-state index in [4.69, 9.17) is 0 Å². The van der Waals surface area contributed by atoms with Crippen molar-refractivity contribution in [2.45, 2.75) is 51.5 Å². The number of carbonyl (C=O) groups is 1. The van der Waals surface area contributed by atoms with Crippen molar-refractivity contribution in [2.24, 2.45) is 0 Å². The van der Waals surface area contributed by atoms with E-state index in [9.17, 15) is 14.9 Å². The van der Waals surface area contributed by atoms with E-state index in [-0.39, 0.29) is 11.6 Å². The predicted molar refractivity (Wildman–Crippen MR) is 106 cm³/mol. The first-order chi connectivity index (χ1) is 13.1. The molecule has 3 rings (SSSR count). The fraction of sp³-hybridized carbons (Fsp3) is 0.650. The highest BCUT2D eigenvalue weighted by Crippen LogP contribution is 2.28. The van der Waals surface area contributed by atoms with Gasteiger partial charge in [-0.05, 0) is 51.6 Å². The fourth-order valence-corrected chi connectivity index (χ4v) is 4.12. The van der Waals surface area contributed by atoms with Crippen LogP contribution >= 0.6 is 0 Å². The molecule has 1 N–H and O–H groups in total. The minimum atomic E-state index is -0.442. The number of nitro groups is 1. The summed E-state index contributed by atoms with van der Waals surface area (Å²) in [7, 11) is 0. The molecule has 1 amide bonds. The van der Waals surface area contributed by atoms with Gasteiger partial charge in [0.25, 0.3) is 11.6 Å². The molecule has 2 fully saturated rings. The van der Waals surface area contributed by atoms with E-state index in [2.05, 4.69) is 22.0 Å². The average molecular weight is 374 g/mol. The van der Waals surface area contributed by atoms with Crippen LogP contribution in [0.3, 0.4) is 0 Å². The van der Waals surface area contributed by atoms with Crippen molar-refractivity contribution in [1.82, 2.24) is 10.2 Å². The number of nitrogens with one attached hydrogen (secondary N) is 1. The summed E-state index contributed by atoms with van der Waals surface area (Å²) in [6, 6.07) is 5.24. The molecule has 27 heavy (non-hydrogen) atoms. The molecule has 2 heterocycles. The quantitative estimate of drug-likeness (QED) is 0.450. The molecule has 0 aromatic heterocycles. The third-order valence-electron chi connectivity index (χ3n) is 5.73. The van der Waals surface area contributed by atoms with E-state index in [1.807, 2.05) is 0 Å². The van der Waals surface area contributed by atoms with Crippen LogP contribution in [0.2, 0.25) is 0 Å². The Balaban J connectivity index is 1.60. The molecule has 1 atom stereocenters. The third-order valence-corrected chi connectivity index (χ3v) is 5.73. The van der Waals surface area contributed by atoms with Crippen molar-refractivity contribution < 1.29 is 9.72 Å². The molecule has 1 aromatic rings. The van der Waals surface area contributed by atoms with Gasteiger partial charge in [-0.25, -0.2) is 0 Å². The van der Waals surface area contributed by atoms with Crippen molar-refractivity contribution in [3.63, 3.8) is 0 Å².